The predicted octanol–water partition coefficient (Wildman–Crippen LogP) is 7.32. The molecule has 2 heterocycles. The van der Waals surface area contributed by atoms with E-state index in [0.29, 0.717) is 11.6 Å². The summed E-state index contributed by atoms with van der Waals surface area (Å²) < 4.78 is 8.32. The Balaban J connectivity index is 1.84. The van der Waals surface area contributed by atoms with Gasteiger partial charge in [-0.25, -0.2) is 4.99 Å². The SMILES string of the molecule is CCCCC(CC)Cn1c(-c2cc3ccccc3o2)csc1=Nc1ccccc1[N+](=O)[O-]. The summed E-state index contributed by atoms with van der Waals surface area (Å²) in [4.78, 5) is 16.6. The first-order valence-corrected chi connectivity index (χ1v) is 11.9. The lowest BCUT2D eigenvalue weighted by Crippen LogP contribution is -2.21. The van der Waals surface area contributed by atoms with Crippen LogP contribution >= 0.6 is 11.3 Å². The molecule has 2 aromatic carbocycles. The van der Waals surface area contributed by atoms with E-state index in [1.807, 2.05) is 29.6 Å². The maximum absolute atomic E-state index is 11.5. The van der Waals surface area contributed by atoms with Crippen molar-refractivity contribution in [3.05, 3.63) is 74.9 Å². The second-order valence-corrected chi connectivity index (χ2v) is 8.77. The number of hydrogen-bond acceptors (Lipinski definition) is 5. The van der Waals surface area contributed by atoms with Crippen LogP contribution in [0.1, 0.15) is 39.5 Å². The highest BCUT2D eigenvalue weighted by Crippen LogP contribution is 2.30. The number of thiazole rings is 1. The molecule has 4 aromatic rings. The van der Waals surface area contributed by atoms with Gasteiger partial charge in [0.15, 0.2) is 10.6 Å². The van der Waals surface area contributed by atoms with Gasteiger partial charge in [0.25, 0.3) is 5.69 Å². The van der Waals surface area contributed by atoms with Crippen molar-refractivity contribution in [3.8, 4) is 11.5 Å². The Kier molecular flexibility index (Phi) is 6.85. The molecule has 0 aliphatic carbocycles. The van der Waals surface area contributed by atoms with E-state index in [-0.39, 0.29) is 10.6 Å². The summed E-state index contributed by atoms with van der Waals surface area (Å²) in [7, 11) is 0. The lowest BCUT2D eigenvalue weighted by molar-refractivity contribution is -0.384. The number of hydrogen-bond donors (Lipinski definition) is 0. The maximum Gasteiger partial charge on any atom is 0.294 e. The molecular formula is C25H27N3O3S. The van der Waals surface area contributed by atoms with Gasteiger partial charge in [0.1, 0.15) is 11.3 Å². The lowest BCUT2D eigenvalue weighted by atomic mass is 9.99. The average molecular weight is 450 g/mol. The van der Waals surface area contributed by atoms with Gasteiger partial charge in [-0.15, -0.1) is 11.3 Å². The van der Waals surface area contributed by atoms with Crippen molar-refractivity contribution in [2.24, 2.45) is 10.9 Å². The Bertz CT molecular complexity index is 1250. The summed E-state index contributed by atoms with van der Waals surface area (Å²) in [5, 5.41) is 14.6. The van der Waals surface area contributed by atoms with Crippen molar-refractivity contribution in [1.29, 1.82) is 0 Å². The number of nitrogens with zero attached hydrogens (tertiary/aromatic N) is 3. The lowest BCUT2D eigenvalue weighted by Gasteiger charge is -2.17. The van der Waals surface area contributed by atoms with Crippen LogP contribution in [0.25, 0.3) is 22.4 Å². The van der Waals surface area contributed by atoms with E-state index in [2.05, 4.69) is 24.5 Å². The third-order valence-corrected chi connectivity index (χ3v) is 6.62. The van der Waals surface area contributed by atoms with E-state index in [9.17, 15) is 10.1 Å². The molecule has 0 N–H and O–H groups in total. The van der Waals surface area contributed by atoms with Crippen LogP contribution in [0.15, 0.2) is 69.4 Å². The van der Waals surface area contributed by atoms with Crippen LogP contribution < -0.4 is 4.80 Å². The highest BCUT2D eigenvalue weighted by atomic mass is 32.1. The Morgan fingerprint density at radius 2 is 1.94 bits per heavy atom. The summed E-state index contributed by atoms with van der Waals surface area (Å²) in [6.45, 7) is 5.22. The van der Waals surface area contributed by atoms with Crippen LogP contribution in [0, 0.1) is 16.0 Å². The zero-order valence-electron chi connectivity index (χ0n) is 18.4. The van der Waals surface area contributed by atoms with E-state index in [1.54, 1.807) is 18.2 Å². The number of benzene rings is 2. The van der Waals surface area contributed by atoms with Crippen molar-refractivity contribution < 1.29 is 9.34 Å². The summed E-state index contributed by atoms with van der Waals surface area (Å²) in [6.07, 6.45) is 4.54. The molecule has 0 fully saturated rings. The minimum Gasteiger partial charge on any atom is -0.454 e. The molecule has 0 saturated heterocycles. The van der Waals surface area contributed by atoms with Crippen LogP contribution in [-0.2, 0) is 6.54 Å². The average Bonchev–Trinajstić information content (AvgIpc) is 3.40. The summed E-state index contributed by atoms with van der Waals surface area (Å²) in [5.41, 5.74) is 2.18. The molecule has 6 nitrogen and oxygen atoms in total. The standard InChI is InChI=1S/C25H27N3O3S/c1-3-5-10-18(4-2)16-27-22(24-15-19-11-6-9-14-23(19)31-24)17-32-25(27)26-20-12-7-8-13-21(20)28(29)30/h6-9,11-15,17-18H,3-5,10,16H2,1-2H3. The predicted molar refractivity (Wildman–Crippen MR) is 129 cm³/mol. The molecule has 2 aromatic heterocycles. The Hall–Kier alpha value is -3.19. The Morgan fingerprint density at radius 3 is 2.69 bits per heavy atom. The summed E-state index contributed by atoms with van der Waals surface area (Å²) in [6, 6.07) is 16.6. The highest BCUT2D eigenvalue weighted by Gasteiger charge is 2.18. The van der Waals surface area contributed by atoms with Crippen molar-refractivity contribution in [2.75, 3.05) is 0 Å². The number of para-hydroxylation sites is 3. The first kappa shape index (κ1) is 22.0. The molecule has 166 valence electrons. The molecule has 0 bridgehead atoms. The number of unbranched alkanes of at least 4 members (excludes halogenated alkanes) is 1. The van der Waals surface area contributed by atoms with Crippen molar-refractivity contribution >= 4 is 33.7 Å². The molecule has 0 aliphatic heterocycles. The van der Waals surface area contributed by atoms with Crippen LogP contribution in [0.2, 0.25) is 0 Å². The van der Waals surface area contributed by atoms with E-state index >= 15 is 0 Å². The Morgan fingerprint density at radius 1 is 1.16 bits per heavy atom. The van der Waals surface area contributed by atoms with E-state index < -0.39 is 0 Å². The minimum atomic E-state index is -0.382. The fourth-order valence-electron chi connectivity index (χ4n) is 3.89. The van der Waals surface area contributed by atoms with E-state index in [0.717, 1.165) is 53.0 Å². The number of rotatable bonds is 9. The molecule has 1 atom stereocenters. The molecule has 0 radical (unpaired) electrons. The second kappa shape index (κ2) is 9.96. The molecule has 1 unspecified atom stereocenters. The van der Waals surface area contributed by atoms with Gasteiger partial charge in [-0.1, -0.05) is 63.4 Å². The van der Waals surface area contributed by atoms with Crippen molar-refractivity contribution in [1.82, 2.24) is 4.57 Å². The van der Waals surface area contributed by atoms with Gasteiger partial charge in [0.05, 0.1) is 10.6 Å². The number of fused-ring (bicyclic) bond motifs is 1. The molecule has 0 amide bonds. The molecule has 32 heavy (non-hydrogen) atoms. The van der Waals surface area contributed by atoms with E-state index in [1.165, 1.54) is 23.8 Å². The van der Waals surface area contributed by atoms with Gasteiger partial charge < -0.3 is 8.98 Å². The van der Waals surface area contributed by atoms with Crippen LogP contribution in [0.4, 0.5) is 11.4 Å². The minimum absolute atomic E-state index is 0.00996. The van der Waals surface area contributed by atoms with E-state index in [4.69, 9.17) is 9.41 Å². The van der Waals surface area contributed by atoms with Crippen molar-refractivity contribution in [3.63, 3.8) is 0 Å². The van der Waals surface area contributed by atoms with Gasteiger partial charge in [0, 0.05) is 23.4 Å². The van der Waals surface area contributed by atoms with Crippen LogP contribution in [0.3, 0.4) is 0 Å². The maximum atomic E-state index is 11.5. The van der Waals surface area contributed by atoms with Crippen LogP contribution in [-0.4, -0.2) is 9.49 Å². The molecular weight excluding hydrogens is 422 g/mol. The number of nitro benzene ring substituents is 1. The number of nitro groups is 1. The fourth-order valence-corrected chi connectivity index (χ4v) is 4.80. The molecule has 0 aliphatic rings. The second-order valence-electron chi connectivity index (χ2n) is 7.94. The van der Waals surface area contributed by atoms with Crippen LogP contribution in [0.5, 0.6) is 0 Å². The fraction of sp³-hybridized carbons (Fsp3) is 0.320. The molecule has 0 spiro atoms. The monoisotopic (exact) mass is 449 g/mol. The smallest absolute Gasteiger partial charge is 0.294 e. The zero-order chi connectivity index (χ0) is 22.5. The normalized spacial score (nSPS) is 13.0. The van der Waals surface area contributed by atoms with Gasteiger partial charge in [-0.3, -0.25) is 10.1 Å². The quantitative estimate of drug-likeness (QED) is 0.198. The zero-order valence-corrected chi connectivity index (χ0v) is 19.2. The number of furan rings is 1. The largest absolute Gasteiger partial charge is 0.454 e. The van der Waals surface area contributed by atoms with Gasteiger partial charge >= 0.3 is 0 Å². The van der Waals surface area contributed by atoms with Gasteiger partial charge in [-0.2, -0.15) is 0 Å². The van der Waals surface area contributed by atoms with Gasteiger partial charge in [-0.05, 0) is 30.5 Å². The summed E-state index contributed by atoms with van der Waals surface area (Å²) in [5.74, 6) is 1.29. The Labute approximate surface area is 191 Å². The number of aromatic nitrogens is 1. The third kappa shape index (κ3) is 4.67. The van der Waals surface area contributed by atoms with Crippen molar-refractivity contribution in [2.45, 2.75) is 46.1 Å². The third-order valence-electron chi connectivity index (χ3n) is 5.75. The topological polar surface area (TPSA) is 73.6 Å². The van der Waals surface area contributed by atoms with Gasteiger partial charge in [0.2, 0.25) is 0 Å². The summed E-state index contributed by atoms with van der Waals surface area (Å²) >= 11 is 1.49. The molecule has 0 saturated carbocycles. The first-order valence-electron chi connectivity index (χ1n) is 11.1. The molecule has 7 heteroatoms. The highest BCUT2D eigenvalue weighted by molar-refractivity contribution is 7.07. The first-order chi connectivity index (χ1) is 15.6. The molecule has 4 rings (SSSR count).